The van der Waals surface area contributed by atoms with Crippen LogP contribution in [0, 0.1) is 0 Å². The Hall–Kier alpha value is -1.37. The molecule has 1 aliphatic heterocycles. The number of hydrogen-bond acceptors (Lipinski definition) is 4. The summed E-state index contributed by atoms with van der Waals surface area (Å²) in [5.41, 5.74) is 1.51. The van der Waals surface area contributed by atoms with Gasteiger partial charge >= 0.3 is 0 Å². The van der Waals surface area contributed by atoms with E-state index in [0.717, 1.165) is 32.1 Å². The van der Waals surface area contributed by atoms with Crippen LogP contribution >= 0.6 is 22.7 Å². The summed E-state index contributed by atoms with van der Waals surface area (Å²) in [5.74, 6) is 1.39. The van der Waals surface area contributed by atoms with E-state index in [2.05, 4.69) is 63.3 Å². The van der Waals surface area contributed by atoms with Gasteiger partial charge in [0.1, 0.15) is 0 Å². The third-order valence-corrected chi connectivity index (χ3v) is 6.98. The van der Waals surface area contributed by atoms with Crippen LogP contribution in [0.25, 0.3) is 0 Å². The first kappa shape index (κ1) is 18.4. The van der Waals surface area contributed by atoms with Crippen molar-refractivity contribution in [1.82, 2.24) is 15.5 Å². The zero-order valence-electron chi connectivity index (χ0n) is 15.3. The minimum atomic E-state index is 0.487. The van der Waals surface area contributed by atoms with E-state index in [9.17, 15) is 0 Å². The Labute approximate surface area is 159 Å². The fourth-order valence-electron chi connectivity index (χ4n) is 3.16. The zero-order chi connectivity index (χ0) is 17.6. The SMILES string of the molecule is CN=C(NCC(C)c1cccs1)NCC(C)N1CCc2sccc2C1. The minimum Gasteiger partial charge on any atom is -0.356 e. The quantitative estimate of drug-likeness (QED) is 0.598. The van der Waals surface area contributed by atoms with Gasteiger partial charge in [0.05, 0.1) is 0 Å². The highest BCUT2D eigenvalue weighted by Gasteiger charge is 2.21. The van der Waals surface area contributed by atoms with Gasteiger partial charge in [-0.05, 0) is 41.8 Å². The zero-order valence-corrected chi connectivity index (χ0v) is 16.9. The first-order chi connectivity index (χ1) is 12.2. The topological polar surface area (TPSA) is 39.7 Å². The van der Waals surface area contributed by atoms with Crippen molar-refractivity contribution in [1.29, 1.82) is 0 Å². The number of rotatable bonds is 6. The lowest BCUT2D eigenvalue weighted by molar-refractivity contribution is 0.192. The molecule has 2 N–H and O–H groups in total. The molecular weight excluding hydrogens is 348 g/mol. The first-order valence-electron chi connectivity index (χ1n) is 8.94. The highest BCUT2D eigenvalue weighted by Crippen LogP contribution is 2.25. The number of nitrogens with zero attached hydrogens (tertiary/aromatic N) is 2. The second-order valence-electron chi connectivity index (χ2n) is 6.69. The van der Waals surface area contributed by atoms with Crippen molar-refractivity contribution in [3.8, 4) is 0 Å². The van der Waals surface area contributed by atoms with E-state index in [-0.39, 0.29) is 0 Å². The summed E-state index contributed by atoms with van der Waals surface area (Å²) >= 11 is 3.71. The van der Waals surface area contributed by atoms with Gasteiger partial charge in [-0.15, -0.1) is 22.7 Å². The van der Waals surface area contributed by atoms with E-state index in [1.165, 1.54) is 16.9 Å². The largest absolute Gasteiger partial charge is 0.356 e. The van der Waals surface area contributed by atoms with Crippen molar-refractivity contribution < 1.29 is 0 Å². The lowest BCUT2D eigenvalue weighted by atomic mass is 10.1. The second-order valence-corrected chi connectivity index (χ2v) is 8.67. The molecule has 0 aliphatic carbocycles. The molecule has 0 saturated heterocycles. The average Bonchev–Trinajstić information content (AvgIpc) is 3.32. The van der Waals surface area contributed by atoms with Crippen LogP contribution < -0.4 is 10.6 Å². The number of thiophene rings is 2. The van der Waals surface area contributed by atoms with E-state index in [1.54, 1.807) is 4.88 Å². The Morgan fingerprint density at radius 3 is 2.80 bits per heavy atom. The van der Waals surface area contributed by atoms with Crippen LogP contribution in [0.1, 0.15) is 35.1 Å². The van der Waals surface area contributed by atoms with Gasteiger partial charge in [0.2, 0.25) is 0 Å². The summed E-state index contributed by atoms with van der Waals surface area (Å²) in [7, 11) is 1.84. The Morgan fingerprint density at radius 2 is 2.04 bits per heavy atom. The van der Waals surface area contributed by atoms with Crippen LogP contribution in [-0.4, -0.2) is 43.6 Å². The maximum atomic E-state index is 4.37. The van der Waals surface area contributed by atoms with Crippen LogP contribution in [-0.2, 0) is 13.0 Å². The highest BCUT2D eigenvalue weighted by molar-refractivity contribution is 7.10. The van der Waals surface area contributed by atoms with Crippen LogP contribution in [0.2, 0.25) is 0 Å². The summed E-state index contributed by atoms with van der Waals surface area (Å²) in [6.45, 7) is 8.58. The van der Waals surface area contributed by atoms with Crippen molar-refractivity contribution in [3.63, 3.8) is 0 Å². The molecule has 2 aromatic heterocycles. The molecule has 0 amide bonds. The number of nitrogens with one attached hydrogen (secondary N) is 2. The Bertz CT molecular complexity index is 677. The third kappa shape index (κ3) is 4.84. The summed E-state index contributed by atoms with van der Waals surface area (Å²) in [6.07, 6.45) is 1.18. The maximum Gasteiger partial charge on any atom is 0.191 e. The predicted octanol–water partition coefficient (Wildman–Crippen LogP) is 3.52. The molecule has 0 bridgehead atoms. The van der Waals surface area contributed by atoms with Gasteiger partial charge < -0.3 is 10.6 Å². The molecule has 0 aromatic carbocycles. The van der Waals surface area contributed by atoms with Gasteiger partial charge in [-0.2, -0.15) is 0 Å². The van der Waals surface area contributed by atoms with Gasteiger partial charge in [0.25, 0.3) is 0 Å². The van der Waals surface area contributed by atoms with E-state index in [0.29, 0.717) is 12.0 Å². The fourth-order valence-corrected chi connectivity index (χ4v) is 4.84. The smallest absolute Gasteiger partial charge is 0.191 e. The first-order valence-corrected chi connectivity index (χ1v) is 10.7. The van der Waals surface area contributed by atoms with Gasteiger partial charge in [-0.25, -0.2) is 0 Å². The van der Waals surface area contributed by atoms with E-state index in [1.807, 2.05) is 29.7 Å². The summed E-state index contributed by atoms with van der Waals surface area (Å²) < 4.78 is 0. The molecule has 2 unspecified atom stereocenters. The predicted molar refractivity (Wildman–Crippen MR) is 110 cm³/mol. The van der Waals surface area contributed by atoms with E-state index < -0.39 is 0 Å². The van der Waals surface area contributed by atoms with Gasteiger partial charge in [0, 0.05) is 54.9 Å². The standard InChI is InChI=1S/C19H28N4S2/c1-14(17-5-4-9-24-17)11-21-19(20-3)22-12-15(2)23-8-6-18-16(13-23)7-10-25-18/h4-5,7,9-10,14-15H,6,8,11-13H2,1-3H3,(H2,20,21,22). The second kappa shape index (κ2) is 8.83. The van der Waals surface area contributed by atoms with Gasteiger partial charge in [-0.1, -0.05) is 13.0 Å². The van der Waals surface area contributed by atoms with Crippen molar-refractivity contribution >= 4 is 28.6 Å². The molecular formula is C19H28N4S2. The summed E-state index contributed by atoms with van der Waals surface area (Å²) in [4.78, 5) is 9.91. The number of hydrogen-bond donors (Lipinski definition) is 2. The fraction of sp³-hybridized carbons (Fsp3) is 0.526. The van der Waals surface area contributed by atoms with Gasteiger partial charge in [0.15, 0.2) is 5.96 Å². The van der Waals surface area contributed by atoms with Crippen LogP contribution in [0.4, 0.5) is 0 Å². The van der Waals surface area contributed by atoms with Crippen molar-refractivity contribution in [3.05, 3.63) is 44.3 Å². The van der Waals surface area contributed by atoms with Crippen LogP contribution in [0.3, 0.4) is 0 Å². The highest BCUT2D eigenvalue weighted by atomic mass is 32.1. The molecule has 3 rings (SSSR count). The van der Waals surface area contributed by atoms with Gasteiger partial charge in [-0.3, -0.25) is 9.89 Å². The molecule has 4 nitrogen and oxygen atoms in total. The molecule has 6 heteroatoms. The molecule has 1 aliphatic rings. The average molecular weight is 377 g/mol. The molecule has 25 heavy (non-hydrogen) atoms. The molecule has 3 heterocycles. The van der Waals surface area contributed by atoms with E-state index >= 15 is 0 Å². The molecule has 0 spiro atoms. The Kier molecular flexibility index (Phi) is 6.51. The lowest BCUT2D eigenvalue weighted by Crippen LogP contribution is -2.47. The molecule has 0 saturated carbocycles. The Balaban J connectivity index is 1.43. The third-order valence-electron chi connectivity index (χ3n) is 4.85. The number of fused-ring (bicyclic) bond motifs is 1. The Morgan fingerprint density at radius 1 is 1.20 bits per heavy atom. The summed E-state index contributed by atoms with van der Waals surface area (Å²) in [6, 6.07) is 7.08. The molecule has 0 fully saturated rings. The molecule has 2 aromatic rings. The molecule has 136 valence electrons. The van der Waals surface area contributed by atoms with E-state index in [4.69, 9.17) is 0 Å². The monoisotopic (exact) mass is 376 g/mol. The maximum absolute atomic E-state index is 4.37. The van der Waals surface area contributed by atoms with Crippen molar-refractivity contribution in [2.45, 2.75) is 38.8 Å². The number of guanidine groups is 1. The molecule has 2 atom stereocenters. The van der Waals surface area contributed by atoms with Crippen LogP contribution in [0.5, 0.6) is 0 Å². The lowest BCUT2D eigenvalue weighted by Gasteiger charge is -2.32. The van der Waals surface area contributed by atoms with Crippen molar-refractivity contribution in [2.75, 3.05) is 26.7 Å². The normalized spacial score (nSPS) is 17.8. The number of aliphatic imine (C=N–C) groups is 1. The van der Waals surface area contributed by atoms with Crippen molar-refractivity contribution in [2.24, 2.45) is 4.99 Å². The minimum absolute atomic E-state index is 0.487. The summed E-state index contributed by atoms with van der Waals surface area (Å²) in [5, 5.41) is 11.3. The van der Waals surface area contributed by atoms with Crippen LogP contribution in [0.15, 0.2) is 34.0 Å². The molecule has 0 radical (unpaired) electrons.